The molecule has 0 fully saturated rings. The third kappa shape index (κ3) is 9.26. The number of rotatable bonds is 9. The van der Waals surface area contributed by atoms with E-state index >= 15 is 0 Å². The van der Waals surface area contributed by atoms with Gasteiger partial charge in [-0.1, -0.05) is 26.8 Å². The van der Waals surface area contributed by atoms with Crippen molar-refractivity contribution >= 4 is 27.9 Å². The summed E-state index contributed by atoms with van der Waals surface area (Å²) < 4.78 is 12.4. The van der Waals surface area contributed by atoms with Crippen LogP contribution < -0.4 is 0 Å². The Hall–Kier alpha value is 0.284. The maximum Gasteiger partial charge on any atom is 0.306 e. The molecule has 0 spiro atoms. The van der Waals surface area contributed by atoms with Crippen molar-refractivity contribution in [2.45, 2.75) is 78.9 Å². The number of allylic oxidation sites excluding steroid dienone is 2. The molecule has 2 nitrogen and oxygen atoms in total. The summed E-state index contributed by atoms with van der Waals surface area (Å²) >= 11 is 4.83. The lowest BCUT2D eigenvalue weighted by atomic mass is 10.2. The molecule has 0 rings (SSSR count). The molecule has 0 radical (unpaired) electrons. The van der Waals surface area contributed by atoms with Gasteiger partial charge in [0.1, 0.15) is 0 Å². The fourth-order valence-corrected chi connectivity index (χ4v) is 5.90. The van der Waals surface area contributed by atoms with Crippen molar-refractivity contribution in [1.82, 2.24) is 0 Å². The zero-order valence-electron chi connectivity index (χ0n) is 14.6. The molecule has 5 heteroatoms. The van der Waals surface area contributed by atoms with E-state index in [2.05, 4.69) is 53.0 Å². The summed E-state index contributed by atoms with van der Waals surface area (Å²) in [5.41, 5.74) is 0. The highest BCUT2D eigenvalue weighted by molar-refractivity contribution is 8.13. The van der Waals surface area contributed by atoms with E-state index in [-0.39, 0.29) is 0 Å². The molecule has 0 saturated heterocycles. The molecule has 0 aliphatic rings. The number of thiol groups is 1. The number of hydrogen-bond acceptors (Lipinski definition) is 3. The van der Waals surface area contributed by atoms with E-state index in [0.29, 0.717) is 12.0 Å². The summed E-state index contributed by atoms with van der Waals surface area (Å²) in [7, 11) is -3.40. The maximum atomic E-state index is 6.22. The Kier molecular flexibility index (Phi) is 8.78. The van der Waals surface area contributed by atoms with Gasteiger partial charge in [0.25, 0.3) is 0 Å². The van der Waals surface area contributed by atoms with Crippen molar-refractivity contribution in [3.05, 3.63) is 11.8 Å². The van der Waals surface area contributed by atoms with E-state index in [9.17, 15) is 0 Å². The summed E-state index contributed by atoms with van der Waals surface area (Å²) in [5.74, 6) is 1.51. The third-order valence-corrected chi connectivity index (χ3v) is 6.97. The summed E-state index contributed by atoms with van der Waals surface area (Å²) in [5, 5.41) is 0. The van der Waals surface area contributed by atoms with Crippen LogP contribution in [-0.2, 0) is 8.85 Å². The van der Waals surface area contributed by atoms with E-state index < -0.39 is 15.8 Å². The van der Waals surface area contributed by atoms with Gasteiger partial charge in [-0.3, -0.25) is 0 Å². The quantitative estimate of drug-likeness (QED) is 0.337. The van der Waals surface area contributed by atoms with Crippen LogP contribution in [0.15, 0.2) is 11.8 Å². The molecule has 0 aromatic rings. The lowest BCUT2D eigenvalue weighted by Gasteiger charge is -2.30. The third-order valence-electron chi connectivity index (χ3n) is 3.10. The van der Waals surface area contributed by atoms with Crippen LogP contribution in [0.2, 0.25) is 32.2 Å². The van der Waals surface area contributed by atoms with Crippen LogP contribution in [0.1, 0.15) is 40.5 Å². The second kappa shape index (κ2) is 8.66. The van der Waals surface area contributed by atoms with Crippen molar-refractivity contribution in [2.75, 3.05) is 0 Å². The molecule has 2 unspecified atom stereocenters. The van der Waals surface area contributed by atoms with Gasteiger partial charge in [-0.25, -0.2) is 0 Å². The van der Waals surface area contributed by atoms with Crippen molar-refractivity contribution in [1.29, 1.82) is 0 Å². The van der Waals surface area contributed by atoms with Gasteiger partial charge in [-0.05, 0) is 52.0 Å². The van der Waals surface area contributed by atoms with Crippen LogP contribution in [0, 0.1) is 5.92 Å². The first-order chi connectivity index (χ1) is 9.00. The Morgan fingerprint density at radius 1 is 1.20 bits per heavy atom. The van der Waals surface area contributed by atoms with Crippen molar-refractivity contribution < 1.29 is 8.85 Å². The molecule has 120 valence electrons. The summed E-state index contributed by atoms with van der Waals surface area (Å²) in [6, 6.07) is 1.03. The topological polar surface area (TPSA) is 18.5 Å². The second-order valence-corrected chi connectivity index (χ2v) is 17.3. The molecule has 20 heavy (non-hydrogen) atoms. The molecule has 0 aliphatic carbocycles. The second-order valence-electron chi connectivity index (χ2n) is 6.92. The Bertz CT molecular complexity index is 309. The molecular formula is C15H34O2SSi2. The minimum absolute atomic E-state index is 0.359. The van der Waals surface area contributed by atoms with E-state index in [1.807, 2.05) is 6.92 Å². The minimum Gasteiger partial charge on any atom is -0.537 e. The molecule has 0 aromatic heterocycles. The minimum atomic E-state index is -1.94. The fourth-order valence-electron chi connectivity index (χ4n) is 2.09. The summed E-state index contributed by atoms with van der Waals surface area (Å²) in [6.45, 7) is 17.5. The monoisotopic (exact) mass is 334 g/mol. The van der Waals surface area contributed by atoms with Gasteiger partial charge in [-0.15, -0.1) is 0 Å². The van der Waals surface area contributed by atoms with Gasteiger partial charge in [0.05, 0.1) is 5.76 Å². The average molecular weight is 335 g/mol. The predicted octanol–water partition coefficient (Wildman–Crippen LogP) is 5.58. The highest BCUT2D eigenvalue weighted by Crippen LogP contribution is 2.27. The molecule has 2 atom stereocenters. The molecule has 0 heterocycles. The van der Waals surface area contributed by atoms with Gasteiger partial charge >= 0.3 is 7.47 Å². The van der Waals surface area contributed by atoms with E-state index in [0.717, 1.165) is 24.6 Å². The molecule has 0 aromatic carbocycles. The Morgan fingerprint density at radius 3 is 2.10 bits per heavy atom. The van der Waals surface area contributed by atoms with Gasteiger partial charge in [0.15, 0.2) is 8.32 Å². The van der Waals surface area contributed by atoms with E-state index in [4.69, 9.17) is 20.9 Å². The van der Waals surface area contributed by atoms with Crippen LogP contribution in [0.3, 0.4) is 0 Å². The molecule has 0 amide bonds. The molecule has 0 saturated carbocycles. The van der Waals surface area contributed by atoms with Crippen LogP contribution in [0.5, 0.6) is 0 Å². The zero-order valence-corrected chi connectivity index (χ0v) is 17.5. The van der Waals surface area contributed by atoms with Crippen molar-refractivity contribution in [2.24, 2.45) is 5.92 Å². The Balaban J connectivity index is 4.46. The fraction of sp³-hybridized carbons (Fsp3) is 0.867. The van der Waals surface area contributed by atoms with E-state index in [1.54, 1.807) is 0 Å². The lowest BCUT2D eigenvalue weighted by molar-refractivity contribution is 0.183. The molecular weight excluding hydrogens is 300 g/mol. The van der Waals surface area contributed by atoms with Crippen LogP contribution in [0.25, 0.3) is 0 Å². The summed E-state index contributed by atoms with van der Waals surface area (Å²) in [6.07, 6.45) is 4.56. The molecule has 0 N–H and O–H groups in total. The smallest absolute Gasteiger partial charge is 0.306 e. The van der Waals surface area contributed by atoms with Gasteiger partial charge in [0.2, 0.25) is 0 Å². The highest BCUT2D eigenvalue weighted by atomic mass is 32.3. The van der Waals surface area contributed by atoms with Crippen LogP contribution in [-0.4, -0.2) is 21.9 Å². The summed E-state index contributed by atoms with van der Waals surface area (Å²) in [4.78, 5) is 0. The zero-order chi connectivity index (χ0) is 16.0. The van der Waals surface area contributed by atoms with Gasteiger partial charge in [-0.2, -0.15) is 12.1 Å². The largest absolute Gasteiger partial charge is 0.537 e. The van der Waals surface area contributed by atoms with Crippen molar-refractivity contribution in [3.8, 4) is 0 Å². The standard InChI is InChI=1S/C15H34O2SSi2/c1-9-14(16-19(5,6)7)11-12-20(8,18)17-15(10-2)13(3)4/h10,13-14,18H,9,11-12H2,1-8H3/b15-10-. The van der Waals surface area contributed by atoms with E-state index in [1.165, 1.54) is 0 Å². The average Bonchev–Trinajstić information content (AvgIpc) is 2.29. The first-order valence-electron chi connectivity index (χ1n) is 7.76. The SMILES string of the molecule is C/C=C(\O[Si](C)(S)CCC(CC)O[Si](C)(C)C)C(C)C. The maximum absolute atomic E-state index is 6.22. The highest BCUT2D eigenvalue weighted by Gasteiger charge is 2.30. The Morgan fingerprint density at radius 2 is 1.75 bits per heavy atom. The molecule has 0 aliphatic heterocycles. The first-order valence-corrected chi connectivity index (χ1v) is 15.1. The van der Waals surface area contributed by atoms with Crippen molar-refractivity contribution in [3.63, 3.8) is 0 Å². The number of hydrogen-bond donors (Lipinski definition) is 1. The predicted molar refractivity (Wildman–Crippen MR) is 98.2 cm³/mol. The Labute approximate surface area is 133 Å². The van der Waals surface area contributed by atoms with Crippen LogP contribution >= 0.6 is 12.1 Å². The van der Waals surface area contributed by atoms with Gasteiger partial charge in [0, 0.05) is 12.0 Å². The lowest BCUT2D eigenvalue weighted by Crippen LogP contribution is -2.34. The van der Waals surface area contributed by atoms with Gasteiger partial charge < -0.3 is 8.85 Å². The van der Waals surface area contributed by atoms with Crippen LogP contribution in [0.4, 0.5) is 0 Å². The first kappa shape index (κ1) is 20.3. The normalized spacial score (nSPS) is 18.0. The molecule has 0 bridgehead atoms.